The van der Waals surface area contributed by atoms with Gasteiger partial charge in [0.05, 0.1) is 11.9 Å². The lowest BCUT2D eigenvalue weighted by atomic mass is 10.4. The van der Waals surface area contributed by atoms with E-state index in [0.29, 0.717) is 0 Å². The Hall–Kier alpha value is -1.36. The van der Waals surface area contributed by atoms with Crippen molar-refractivity contribution >= 4 is 23.4 Å². The van der Waals surface area contributed by atoms with Crippen LogP contribution in [-0.2, 0) is 0 Å². The number of pyridine rings is 1. The molecule has 6 heteroatoms. The molecule has 0 bridgehead atoms. The van der Waals surface area contributed by atoms with Crippen molar-refractivity contribution in [1.82, 2.24) is 4.98 Å². The van der Waals surface area contributed by atoms with Crippen LogP contribution in [0.2, 0.25) is 5.15 Å². The van der Waals surface area contributed by atoms with Crippen molar-refractivity contribution in [1.29, 1.82) is 0 Å². The molecule has 0 aliphatic heterocycles. The Morgan fingerprint density at radius 3 is 2.92 bits per heavy atom. The highest BCUT2D eigenvalue weighted by Gasteiger charge is 2.13. The number of hydrogen-bond donors (Lipinski definition) is 1. The van der Waals surface area contributed by atoms with E-state index in [1.807, 2.05) is 0 Å². The Bertz CT molecular complexity index is 345. The third kappa shape index (κ3) is 2.06. The molecule has 0 aliphatic carbocycles. The summed E-state index contributed by atoms with van der Waals surface area (Å²) in [4.78, 5) is 14.6. The Kier molecular flexibility index (Phi) is 2.67. The summed E-state index contributed by atoms with van der Waals surface area (Å²) in [6.07, 6.45) is -0.391. The van der Waals surface area contributed by atoms with Crippen molar-refractivity contribution in [3.63, 3.8) is 0 Å². The molecule has 0 spiro atoms. The van der Waals surface area contributed by atoms with Crippen LogP contribution in [0.15, 0.2) is 12.3 Å². The van der Waals surface area contributed by atoms with Crippen molar-refractivity contribution in [3.8, 4) is 0 Å². The van der Waals surface area contributed by atoms with E-state index < -0.39 is 11.9 Å². The minimum Gasteiger partial charge on any atom is -0.465 e. The van der Waals surface area contributed by atoms with E-state index in [1.165, 1.54) is 7.05 Å². The smallest absolute Gasteiger partial charge is 0.411 e. The molecule has 0 aromatic carbocycles. The molecule has 0 fully saturated rings. The molecule has 0 unspecified atom stereocenters. The zero-order valence-electron chi connectivity index (χ0n) is 6.66. The van der Waals surface area contributed by atoms with Gasteiger partial charge < -0.3 is 5.11 Å². The van der Waals surface area contributed by atoms with Crippen molar-refractivity contribution in [3.05, 3.63) is 23.2 Å². The van der Waals surface area contributed by atoms with Gasteiger partial charge in [-0.2, -0.15) is 0 Å². The Morgan fingerprint density at radius 2 is 2.38 bits per heavy atom. The van der Waals surface area contributed by atoms with Crippen LogP contribution >= 0.6 is 11.6 Å². The fraction of sp³-hybridized carbons (Fsp3) is 0.143. The summed E-state index contributed by atoms with van der Waals surface area (Å²) < 4.78 is 13.0. The van der Waals surface area contributed by atoms with Crippen molar-refractivity contribution in [2.75, 3.05) is 11.9 Å². The van der Waals surface area contributed by atoms with Gasteiger partial charge in [-0.3, -0.25) is 4.90 Å². The van der Waals surface area contributed by atoms with Crippen LogP contribution in [0.5, 0.6) is 0 Å². The fourth-order valence-corrected chi connectivity index (χ4v) is 0.916. The number of amides is 1. The van der Waals surface area contributed by atoms with Crippen LogP contribution < -0.4 is 4.90 Å². The third-order valence-electron chi connectivity index (χ3n) is 1.45. The Balaban J connectivity index is 3.12. The molecule has 1 heterocycles. The van der Waals surface area contributed by atoms with Gasteiger partial charge >= 0.3 is 6.09 Å². The average molecular weight is 205 g/mol. The maximum Gasteiger partial charge on any atom is 0.411 e. The molecule has 4 nitrogen and oxygen atoms in total. The van der Waals surface area contributed by atoms with Gasteiger partial charge in [-0.15, -0.1) is 0 Å². The second kappa shape index (κ2) is 3.57. The molecule has 0 atom stereocenters. The zero-order valence-corrected chi connectivity index (χ0v) is 7.42. The summed E-state index contributed by atoms with van der Waals surface area (Å²) in [5.41, 5.74) is -0.118. The van der Waals surface area contributed by atoms with Gasteiger partial charge in [-0.1, -0.05) is 11.6 Å². The number of carboxylic acid groups (broad SMARTS) is 1. The second-order valence-electron chi connectivity index (χ2n) is 2.30. The molecule has 0 radical (unpaired) electrons. The molecule has 70 valence electrons. The zero-order chi connectivity index (χ0) is 10.0. The molecule has 1 rings (SSSR count). The van der Waals surface area contributed by atoms with Gasteiger partial charge in [-0.25, -0.2) is 14.2 Å². The van der Waals surface area contributed by atoms with Crippen LogP contribution in [0.3, 0.4) is 0 Å². The third-order valence-corrected chi connectivity index (χ3v) is 1.66. The number of carbonyl (C=O) groups is 1. The number of aromatic nitrogens is 1. The quantitative estimate of drug-likeness (QED) is 0.712. The molecule has 13 heavy (non-hydrogen) atoms. The monoisotopic (exact) mass is 204 g/mol. The minimum absolute atomic E-state index is 0.0458. The lowest BCUT2D eigenvalue weighted by Gasteiger charge is -2.13. The first-order valence-electron chi connectivity index (χ1n) is 3.30. The predicted octanol–water partition coefficient (Wildman–Crippen LogP) is 1.99. The summed E-state index contributed by atoms with van der Waals surface area (Å²) in [5.74, 6) is -0.727. The van der Waals surface area contributed by atoms with Crippen LogP contribution in [0, 0.1) is 5.82 Å². The highest BCUT2D eigenvalue weighted by molar-refractivity contribution is 6.29. The molecule has 0 saturated heterocycles. The molecule has 1 aromatic heterocycles. The van der Waals surface area contributed by atoms with Gasteiger partial charge in [0.2, 0.25) is 0 Å². The summed E-state index contributed by atoms with van der Waals surface area (Å²) in [6.45, 7) is 0. The first-order chi connectivity index (χ1) is 6.02. The number of hydrogen-bond acceptors (Lipinski definition) is 2. The highest BCUT2D eigenvalue weighted by Crippen LogP contribution is 2.20. The number of halogens is 2. The molecule has 1 aromatic rings. The van der Waals surface area contributed by atoms with Gasteiger partial charge in [0, 0.05) is 13.1 Å². The maximum absolute atomic E-state index is 13.0. The molecule has 0 saturated carbocycles. The number of rotatable bonds is 1. The average Bonchev–Trinajstić information content (AvgIpc) is 2.08. The Morgan fingerprint density at radius 1 is 1.77 bits per heavy atom. The molecular weight excluding hydrogens is 199 g/mol. The topological polar surface area (TPSA) is 53.4 Å². The van der Waals surface area contributed by atoms with E-state index in [4.69, 9.17) is 16.7 Å². The van der Waals surface area contributed by atoms with Crippen LogP contribution in [0.1, 0.15) is 0 Å². The minimum atomic E-state index is -1.26. The lowest BCUT2D eigenvalue weighted by molar-refractivity contribution is 0.203. The van der Waals surface area contributed by atoms with E-state index in [9.17, 15) is 9.18 Å². The molecule has 1 N–H and O–H groups in total. The summed E-state index contributed by atoms with van der Waals surface area (Å²) in [7, 11) is 1.22. The fourth-order valence-electron chi connectivity index (χ4n) is 0.764. The van der Waals surface area contributed by atoms with Crippen LogP contribution in [0.4, 0.5) is 14.9 Å². The lowest BCUT2D eigenvalue weighted by Crippen LogP contribution is -2.24. The normalized spacial score (nSPS) is 9.77. The SMILES string of the molecule is CN(C(=O)O)c1cc(Cl)ncc1F. The van der Waals surface area contributed by atoms with E-state index in [1.54, 1.807) is 0 Å². The predicted molar refractivity (Wildman–Crippen MR) is 45.6 cm³/mol. The van der Waals surface area contributed by atoms with Gasteiger partial charge in [0.1, 0.15) is 5.15 Å². The van der Waals surface area contributed by atoms with Gasteiger partial charge in [0.15, 0.2) is 5.82 Å². The standard InChI is InChI=1S/C7H6ClFN2O2/c1-11(7(12)13)5-2-6(8)10-3-4(5)9/h2-3H,1H3,(H,12,13). The number of anilines is 1. The highest BCUT2D eigenvalue weighted by atomic mass is 35.5. The van der Waals surface area contributed by atoms with Crippen molar-refractivity contribution in [2.24, 2.45) is 0 Å². The Labute approximate surface area is 78.6 Å². The van der Waals surface area contributed by atoms with E-state index in [2.05, 4.69) is 4.98 Å². The largest absolute Gasteiger partial charge is 0.465 e. The van der Waals surface area contributed by atoms with Crippen LogP contribution in [0.25, 0.3) is 0 Å². The van der Waals surface area contributed by atoms with Crippen LogP contribution in [-0.4, -0.2) is 23.2 Å². The maximum atomic E-state index is 13.0. The second-order valence-corrected chi connectivity index (χ2v) is 2.69. The van der Waals surface area contributed by atoms with E-state index in [-0.39, 0.29) is 10.8 Å². The first kappa shape index (κ1) is 9.73. The van der Waals surface area contributed by atoms with Crippen molar-refractivity contribution < 1.29 is 14.3 Å². The van der Waals surface area contributed by atoms with E-state index in [0.717, 1.165) is 17.2 Å². The summed E-state index contributed by atoms with van der Waals surface area (Å²) in [6, 6.07) is 1.14. The van der Waals surface area contributed by atoms with Gasteiger partial charge in [-0.05, 0) is 0 Å². The van der Waals surface area contributed by atoms with Gasteiger partial charge in [0.25, 0.3) is 0 Å². The summed E-state index contributed by atoms with van der Waals surface area (Å²) in [5, 5.41) is 8.59. The number of nitrogens with zero attached hydrogens (tertiary/aromatic N) is 2. The first-order valence-corrected chi connectivity index (χ1v) is 3.68. The summed E-state index contributed by atoms with van der Waals surface area (Å²) >= 11 is 5.47. The van der Waals surface area contributed by atoms with E-state index >= 15 is 0 Å². The molecule has 1 amide bonds. The van der Waals surface area contributed by atoms with Crippen molar-refractivity contribution in [2.45, 2.75) is 0 Å². The molecular formula is C7H6ClFN2O2. The molecule has 0 aliphatic rings.